The molecule has 0 amide bonds. The minimum absolute atomic E-state index is 0.647. The molecule has 1 heterocycles. The minimum Gasteiger partial charge on any atom is -0.354 e. The molecule has 0 aliphatic carbocycles. The third kappa shape index (κ3) is 2.37. The van der Waals surface area contributed by atoms with Crippen LogP contribution in [0.1, 0.15) is 5.56 Å². The van der Waals surface area contributed by atoms with Gasteiger partial charge in [0, 0.05) is 27.2 Å². The van der Waals surface area contributed by atoms with Crippen molar-refractivity contribution < 1.29 is 0 Å². The lowest BCUT2D eigenvalue weighted by Gasteiger charge is -2.05. The number of hydrogen-bond acceptors (Lipinski definition) is 1. The molecule has 1 aromatic heterocycles. The van der Waals surface area contributed by atoms with E-state index in [9.17, 15) is 0 Å². The summed E-state index contributed by atoms with van der Waals surface area (Å²) in [5.74, 6) is 0. The lowest BCUT2D eigenvalue weighted by molar-refractivity contribution is 0.969. The highest BCUT2D eigenvalue weighted by molar-refractivity contribution is 6.33. The number of benzene rings is 2. The molecule has 3 N–H and O–H groups in total. The molecule has 3 aromatic rings. The maximum atomic E-state index is 6.31. The van der Waals surface area contributed by atoms with Gasteiger partial charge >= 0.3 is 0 Å². The second-order valence-corrected chi connectivity index (χ2v) is 5.03. The van der Waals surface area contributed by atoms with E-state index >= 15 is 0 Å². The smallest absolute Gasteiger partial charge is 0.0499 e. The van der Waals surface area contributed by atoms with Crippen LogP contribution in [0.5, 0.6) is 0 Å². The Morgan fingerprint density at radius 3 is 2.68 bits per heavy atom. The molecule has 0 radical (unpaired) electrons. The monoisotopic (exact) mass is 270 g/mol. The maximum absolute atomic E-state index is 6.31. The third-order valence-corrected chi connectivity index (χ3v) is 3.61. The van der Waals surface area contributed by atoms with Crippen LogP contribution in [0, 0.1) is 0 Å². The number of H-pyrrole nitrogens is 1. The molecular formula is C16H15ClN2. The van der Waals surface area contributed by atoms with Crippen LogP contribution in [0.15, 0.2) is 48.5 Å². The Balaban J connectivity index is 2.11. The Morgan fingerprint density at radius 1 is 1.05 bits per heavy atom. The molecular weight excluding hydrogens is 256 g/mol. The molecule has 0 spiro atoms. The summed E-state index contributed by atoms with van der Waals surface area (Å²) in [5, 5.41) is 1.95. The van der Waals surface area contributed by atoms with Gasteiger partial charge in [0.1, 0.15) is 0 Å². The van der Waals surface area contributed by atoms with Crippen molar-refractivity contribution in [3.8, 4) is 11.3 Å². The highest BCUT2D eigenvalue weighted by atomic mass is 35.5. The van der Waals surface area contributed by atoms with Gasteiger partial charge in [-0.15, -0.1) is 0 Å². The van der Waals surface area contributed by atoms with Gasteiger partial charge in [-0.3, -0.25) is 0 Å². The number of rotatable bonds is 3. The Morgan fingerprint density at radius 2 is 1.89 bits per heavy atom. The Kier molecular flexibility index (Phi) is 3.28. The number of aromatic nitrogens is 1. The van der Waals surface area contributed by atoms with E-state index in [0.29, 0.717) is 6.54 Å². The number of nitrogens with one attached hydrogen (secondary N) is 1. The molecule has 0 aliphatic heterocycles. The topological polar surface area (TPSA) is 41.8 Å². The number of halogens is 1. The van der Waals surface area contributed by atoms with Gasteiger partial charge in [0.2, 0.25) is 0 Å². The molecule has 0 aliphatic rings. The fourth-order valence-electron chi connectivity index (χ4n) is 2.32. The van der Waals surface area contributed by atoms with Gasteiger partial charge in [-0.1, -0.05) is 35.9 Å². The zero-order valence-electron chi connectivity index (χ0n) is 10.5. The zero-order chi connectivity index (χ0) is 13.2. The average molecular weight is 271 g/mol. The first-order valence-corrected chi connectivity index (χ1v) is 6.72. The standard InChI is InChI=1S/C16H15ClN2/c17-14-6-5-11(7-8-18)9-13(14)16-10-12-3-1-2-4-15(12)19-16/h1-6,9-10,19H,7-8,18H2. The predicted molar refractivity (Wildman–Crippen MR) is 81.5 cm³/mol. The molecule has 2 nitrogen and oxygen atoms in total. The van der Waals surface area contributed by atoms with Crippen LogP contribution in [0.2, 0.25) is 5.02 Å². The summed E-state index contributed by atoms with van der Waals surface area (Å²) in [6.45, 7) is 0.647. The summed E-state index contributed by atoms with van der Waals surface area (Å²) < 4.78 is 0. The largest absolute Gasteiger partial charge is 0.354 e. The van der Waals surface area contributed by atoms with Gasteiger partial charge in [0.25, 0.3) is 0 Å². The fraction of sp³-hybridized carbons (Fsp3) is 0.125. The van der Waals surface area contributed by atoms with Crippen LogP contribution < -0.4 is 5.73 Å². The van der Waals surface area contributed by atoms with Crippen molar-refractivity contribution in [2.75, 3.05) is 6.54 Å². The van der Waals surface area contributed by atoms with Crippen molar-refractivity contribution in [2.24, 2.45) is 5.73 Å². The quantitative estimate of drug-likeness (QED) is 0.742. The van der Waals surface area contributed by atoms with Crippen molar-refractivity contribution in [1.82, 2.24) is 4.98 Å². The van der Waals surface area contributed by atoms with E-state index in [1.807, 2.05) is 24.3 Å². The van der Waals surface area contributed by atoms with Crippen molar-refractivity contribution >= 4 is 22.5 Å². The number of aromatic amines is 1. The van der Waals surface area contributed by atoms with Crippen molar-refractivity contribution in [2.45, 2.75) is 6.42 Å². The van der Waals surface area contributed by atoms with E-state index in [4.69, 9.17) is 17.3 Å². The van der Waals surface area contributed by atoms with E-state index in [0.717, 1.165) is 28.2 Å². The van der Waals surface area contributed by atoms with Crippen LogP contribution in [-0.4, -0.2) is 11.5 Å². The summed E-state index contributed by atoms with van der Waals surface area (Å²) in [5.41, 5.74) is 10.0. The molecule has 0 bridgehead atoms. The van der Waals surface area contributed by atoms with Gasteiger partial charge < -0.3 is 10.7 Å². The highest BCUT2D eigenvalue weighted by Gasteiger charge is 2.08. The van der Waals surface area contributed by atoms with E-state index in [2.05, 4.69) is 29.2 Å². The molecule has 3 heteroatoms. The Hall–Kier alpha value is -1.77. The number of para-hydroxylation sites is 1. The molecule has 0 atom stereocenters. The molecule has 3 rings (SSSR count). The molecule has 0 saturated heterocycles. The molecule has 0 fully saturated rings. The number of hydrogen-bond donors (Lipinski definition) is 2. The van der Waals surface area contributed by atoms with E-state index in [-0.39, 0.29) is 0 Å². The van der Waals surface area contributed by atoms with E-state index in [1.165, 1.54) is 10.9 Å². The zero-order valence-corrected chi connectivity index (χ0v) is 11.2. The second-order valence-electron chi connectivity index (χ2n) is 4.62. The minimum atomic E-state index is 0.647. The summed E-state index contributed by atoms with van der Waals surface area (Å²) in [4.78, 5) is 3.41. The van der Waals surface area contributed by atoms with Gasteiger partial charge in [-0.25, -0.2) is 0 Å². The van der Waals surface area contributed by atoms with Gasteiger partial charge in [0.05, 0.1) is 0 Å². The molecule has 0 saturated carbocycles. The van der Waals surface area contributed by atoms with Crippen LogP contribution >= 0.6 is 11.6 Å². The predicted octanol–water partition coefficient (Wildman–Crippen LogP) is 3.99. The van der Waals surface area contributed by atoms with Crippen molar-refractivity contribution in [3.05, 3.63) is 59.1 Å². The first-order valence-electron chi connectivity index (χ1n) is 6.34. The van der Waals surface area contributed by atoms with E-state index < -0.39 is 0 Å². The highest BCUT2D eigenvalue weighted by Crippen LogP contribution is 2.30. The maximum Gasteiger partial charge on any atom is 0.0499 e. The first kappa shape index (κ1) is 12.3. The first-order chi connectivity index (χ1) is 9.28. The summed E-state index contributed by atoms with van der Waals surface area (Å²) in [6, 6.07) is 16.4. The summed E-state index contributed by atoms with van der Waals surface area (Å²) in [6.07, 6.45) is 0.865. The van der Waals surface area contributed by atoms with Gasteiger partial charge in [-0.05, 0) is 42.8 Å². The van der Waals surface area contributed by atoms with Gasteiger partial charge in [0.15, 0.2) is 0 Å². The Labute approximate surface area is 117 Å². The van der Waals surface area contributed by atoms with E-state index in [1.54, 1.807) is 0 Å². The second kappa shape index (κ2) is 5.08. The summed E-state index contributed by atoms with van der Waals surface area (Å²) >= 11 is 6.31. The molecule has 0 unspecified atom stereocenters. The van der Waals surface area contributed by atoms with Crippen LogP contribution in [0.25, 0.3) is 22.2 Å². The average Bonchev–Trinajstić information content (AvgIpc) is 2.85. The third-order valence-electron chi connectivity index (χ3n) is 3.28. The normalized spacial score (nSPS) is 11.1. The van der Waals surface area contributed by atoms with Crippen molar-refractivity contribution in [1.29, 1.82) is 0 Å². The molecule has 19 heavy (non-hydrogen) atoms. The summed E-state index contributed by atoms with van der Waals surface area (Å²) in [7, 11) is 0. The fourth-order valence-corrected chi connectivity index (χ4v) is 2.54. The number of fused-ring (bicyclic) bond motifs is 1. The Bertz CT molecular complexity index is 683. The van der Waals surface area contributed by atoms with Crippen LogP contribution in [-0.2, 0) is 6.42 Å². The van der Waals surface area contributed by atoms with Crippen LogP contribution in [0.3, 0.4) is 0 Å². The lowest BCUT2D eigenvalue weighted by Crippen LogP contribution is -2.02. The lowest BCUT2D eigenvalue weighted by atomic mass is 10.1. The SMILES string of the molecule is NCCc1ccc(Cl)c(-c2cc3ccccc3[nH]2)c1. The van der Waals surface area contributed by atoms with Crippen molar-refractivity contribution in [3.63, 3.8) is 0 Å². The molecule has 96 valence electrons. The number of nitrogens with two attached hydrogens (primary N) is 1. The van der Waals surface area contributed by atoms with Gasteiger partial charge in [-0.2, -0.15) is 0 Å². The van der Waals surface area contributed by atoms with Crippen LogP contribution in [0.4, 0.5) is 0 Å². The molecule has 2 aromatic carbocycles.